The number of benzene rings is 1. The summed E-state index contributed by atoms with van der Waals surface area (Å²) in [4.78, 5) is 25.7. The lowest BCUT2D eigenvalue weighted by atomic mass is 10.1. The van der Waals surface area contributed by atoms with Crippen molar-refractivity contribution in [2.75, 3.05) is 29.9 Å². The molecule has 0 radical (unpaired) electrons. The minimum absolute atomic E-state index is 0.0133. The number of carbonyl (C=O) groups excluding carboxylic acids is 2. The molecule has 1 aromatic rings. The predicted octanol–water partition coefficient (Wildman–Crippen LogP) is 2.39. The maximum Gasteiger partial charge on any atom is 0.243 e. The SMILES string of the molecule is CC(C)CC(=O)NCC(=O)Nc1ccc(N2CCCC2)cc1. The van der Waals surface area contributed by atoms with E-state index < -0.39 is 0 Å². The zero-order valence-corrected chi connectivity index (χ0v) is 13.4. The van der Waals surface area contributed by atoms with Crippen molar-refractivity contribution in [3.63, 3.8) is 0 Å². The molecule has 1 aromatic carbocycles. The minimum atomic E-state index is -0.203. The normalized spacial score (nSPS) is 14.2. The van der Waals surface area contributed by atoms with Gasteiger partial charge in [-0.05, 0) is 43.0 Å². The van der Waals surface area contributed by atoms with Gasteiger partial charge in [-0.15, -0.1) is 0 Å². The molecule has 0 spiro atoms. The Labute approximate surface area is 132 Å². The van der Waals surface area contributed by atoms with Crippen LogP contribution in [0.5, 0.6) is 0 Å². The van der Waals surface area contributed by atoms with Crippen LogP contribution in [-0.2, 0) is 9.59 Å². The smallest absolute Gasteiger partial charge is 0.243 e. The van der Waals surface area contributed by atoms with Crippen LogP contribution in [0.2, 0.25) is 0 Å². The van der Waals surface area contributed by atoms with Gasteiger partial charge in [0.25, 0.3) is 0 Å². The van der Waals surface area contributed by atoms with Crippen molar-refractivity contribution >= 4 is 23.2 Å². The Morgan fingerprint density at radius 2 is 1.73 bits per heavy atom. The van der Waals surface area contributed by atoms with Crippen LogP contribution >= 0.6 is 0 Å². The van der Waals surface area contributed by atoms with E-state index in [1.807, 2.05) is 38.1 Å². The second-order valence-electron chi connectivity index (χ2n) is 6.16. The second kappa shape index (κ2) is 7.82. The van der Waals surface area contributed by atoms with Crippen molar-refractivity contribution in [3.05, 3.63) is 24.3 Å². The van der Waals surface area contributed by atoms with E-state index in [0.717, 1.165) is 18.8 Å². The Bertz CT molecular complexity index is 505. The van der Waals surface area contributed by atoms with Gasteiger partial charge < -0.3 is 15.5 Å². The van der Waals surface area contributed by atoms with Crippen LogP contribution in [0.25, 0.3) is 0 Å². The molecule has 1 aliphatic heterocycles. The number of hydrogen-bond donors (Lipinski definition) is 2. The highest BCUT2D eigenvalue weighted by atomic mass is 16.2. The molecule has 0 bridgehead atoms. The van der Waals surface area contributed by atoms with Crippen molar-refractivity contribution in [1.29, 1.82) is 0 Å². The summed E-state index contributed by atoms with van der Waals surface area (Å²) in [6.45, 7) is 6.17. The highest BCUT2D eigenvalue weighted by Crippen LogP contribution is 2.21. The first-order valence-electron chi connectivity index (χ1n) is 7.96. The zero-order chi connectivity index (χ0) is 15.9. The highest BCUT2D eigenvalue weighted by Gasteiger charge is 2.12. The topological polar surface area (TPSA) is 61.4 Å². The number of nitrogens with zero attached hydrogens (tertiary/aromatic N) is 1. The first kappa shape index (κ1) is 16.3. The van der Waals surface area contributed by atoms with Crippen LogP contribution in [-0.4, -0.2) is 31.4 Å². The fourth-order valence-corrected chi connectivity index (χ4v) is 2.56. The number of hydrogen-bond acceptors (Lipinski definition) is 3. The molecule has 120 valence electrons. The fourth-order valence-electron chi connectivity index (χ4n) is 2.56. The molecule has 0 unspecified atom stereocenters. The minimum Gasteiger partial charge on any atom is -0.372 e. The summed E-state index contributed by atoms with van der Waals surface area (Å²) in [6, 6.07) is 7.86. The van der Waals surface area contributed by atoms with Crippen LogP contribution in [0, 0.1) is 5.92 Å². The number of amides is 2. The summed E-state index contributed by atoms with van der Waals surface area (Å²) in [5, 5.41) is 5.43. The molecule has 1 aliphatic rings. The molecular weight excluding hydrogens is 278 g/mol. The van der Waals surface area contributed by atoms with Crippen molar-refractivity contribution in [2.45, 2.75) is 33.1 Å². The third kappa shape index (κ3) is 5.06. The Morgan fingerprint density at radius 3 is 2.32 bits per heavy atom. The summed E-state index contributed by atoms with van der Waals surface area (Å²) in [5.41, 5.74) is 1.95. The Morgan fingerprint density at radius 1 is 1.09 bits per heavy atom. The molecule has 1 fully saturated rings. The molecule has 22 heavy (non-hydrogen) atoms. The van der Waals surface area contributed by atoms with E-state index in [1.54, 1.807) is 0 Å². The van der Waals surface area contributed by atoms with Gasteiger partial charge in [0.2, 0.25) is 11.8 Å². The Balaban J connectivity index is 1.77. The lowest BCUT2D eigenvalue weighted by molar-refractivity contribution is -0.124. The highest BCUT2D eigenvalue weighted by molar-refractivity contribution is 5.94. The third-order valence-corrected chi connectivity index (χ3v) is 3.66. The first-order valence-corrected chi connectivity index (χ1v) is 7.96. The van der Waals surface area contributed by atoms with Crippen molar-refractivity contribution in [2.24, 2.45) is 5.92 Å². The summed E-state index contributed by atoms with van der Waals surface area (Å²) in [6.07, 6.45) is 2.93. The molecule has 0 aliphatic carbocycles. The van der Waals surface area contributed by atoms with Crippen molar-refractivity contribution in [3.8, 4) is 0 Å². The molecule has 2 N–H and O–H groups in total. The molecule has 1 saturated heterocycles. The predicted molar refractivity (Wildman–Crippen MR) is 89.0 cm³/mol. The largest absolute Gasteiger partial charge is 0.372 e. The van der Waals surface area contributed by atoms with Crippen molar-refractivity contribution < 1.29 is 9.59 Å². The molecule has 2 rings (SSSR count). The van der Waals surface area contributed by atoms with Crippen LogP contribution in [0.4, 0.5) is 11.4 Å². The van der Waals surface area contributed by atoms with Crippen LogP contribution < -0.4 is 15.5 Å². The van der Waals surface area contributed by atoms with E-state index >= 15 is 0 Å². The molecular formula is C17H25N3O2. The Kier molecular flexibility index (Phi) is 5.81. The molecule has 1 heterocycles. The van der Waals surface area contributed by atoms with Gasteiger partial charge in [0.05, 0.1) is 6.54 Å². The fraction of sp³-hybridized carbons (Fsp3) is 0.529. The standard InChI is InChI=1S/C17H25N3O2/c1-13(2)11-16(21)18-12-17(22)19-14-5-7-15(8-6-14)20-9-3-4-10-20/h5-8,13H,3-4,9-12H2,1-2H3,(H,18,21)(H,19,22). The van der Waals surface area contributed by atoms with Gasteiger partial charge in [-0.3, -0.25) is 9.59 Å². The number of carbonyl (C=O) groups is 2. The maximum absolute atomic E-state index is 11.8. The van der Waals surface area contributed by atoms with Gasteiger partial charge in [0.1, 0.15) is 0 Å². The van der Waals surface area contributed by atoms with Crippen molar-refractivity contribution in [1.82, 2.24) is 5.32 Å². The van der Waals surface area contributed by atoms with Crippen LogP contribution in [0.15, 0.2) is 24.3 Å². The number of rotatable bonds is 6. The van der Waals surface area contributed by atoms with E-state index in [1.165, 1.54) is 18.5 Å². The molecule has 5 heteroatoms. The first-order chi connectivity index (χ1) is 10.5. The molecule has 0 saturated carbocycles. The van der Waals surface area contributed by atoms with Gasteiger partial charge in [0, 0.05) is 30.9 Å². The summed E-state index contributed by atoms with van der Waals surface area (Å²) in [5.74, 6) is 0.00162. The van der Waals surface area contributed by atoms with Gasteiger partial charge in [-0.2, -0.15) is 0 Å². The van der Waals surface area contributed by atoms with Gasteiger partial charge in [-0.1, -0.05) is 13.8 Å². The molecule has 2 amide bonds. The van der Waals surface area contributed by atoms with Gasteiger partial charge in [-0.25, -0.2) is 0 Å². The van der Waals surface area contributed by atoms with Gasteiger partial charge in [0.15, 0.2) is 0 Å². The summed E-state index contributed by atoms with van der Waals surface area (Å²) in [7, 11) is 0. The summed E-state index contributed by atoms with van der Waals surface area (Å²) < 4.78 is 0. The Hall–Kier alpha value is -2.04. The number of anilines is 2. The van der Waals surface area contributed by atoms with E-state index in [-0.39, 0.29) is 18.4 Å². The lowest BCUT2D eigenvalue weighted by Gasteiger charge is -2.17. The van der Waals surface area contributed by atoms with E-state index in [2.05, 4.69) is 15.5 Å². The molecule has 0 atom stereocenters. The monoisotopic (exact) mass is 303 g/mol. The zero-order valence-electron chi connectivity index (χ0n) is 13.4. The molecule has 0 aromatic heterocycles. The average molecular weight is 303 g/mol. The van der Waals surface area contributed by atoms with Crippen LogP contribution in [0.1, 0.15) is 33.1 Å². The van der Waals surface area contributed by atoms with E-state index in [9.17, 15) is 9.59 Å². The maximum atomic E-state index is 11.8. The summed E-state index contributed by atoms with van der Waals surface area (Å²) >= 11 is 0. The third-order valence-electron chi connectivity index (χ3n) is 3.66. The quantitative estimate of drug-likeness (QED) is 0.848. The number of nitrogens with one attached hydrogen (secondary N) is 2. The second-order valence-corrected chi connectivity index (χ2v) is 6.16. The van der Waals surface area contributed by atoms with Gasteiger partial charge >= 0.3 is 0 Å². The average Bonchev–Trinajstić information content (AvgIpc) is 2.99. The van der Waals surface area contributed by atoms with Crippen LogP contribution in [0.3, 0.4) is 0 Å². The molecule has 5 nitrogen and oxygen atoms in total. The van der Waals surface area contributed by atoms with E-state index in [4.69, 9.17) is 0 Å². The lowest BCUT2D eigenvalue weighted by Crippen LogP contribution is -2.33. The van der Waals surface area contributed by atoms with E-state index in [0.29, 0.717) is 12.3 Å².